The molecule has 0 radical (unpaired) electrons. The normalized spacial score (nSPS) is 13.4. The monoisotopic (exact) mass is 281 g/mol. The van der Waals surface area contributed by atoms with Gasteiger partial charge in [-0.15, -0.1) is 0 Å². The summed E-state index contributed by atoms with van der Waals surface area (Å²) in [5.74, 6) is -0.878. The Balaban J connectivity index is 2.82. The van der Waals surface area contributed by atoms with E-state index in [-0.39, 0.29) is 29.0 Å². The number of carbonyl (C=O) groups is 2. The standard InChI is InChI=1S/C15H20FNO3/c1-5-9(2)17-15(19)11(4)20-14-7-6-12(16)8-13(14)10(3)18/h6-9,11H,5H2,1-4H3,(H,17,19). The molecule has 0 aliphatic carbocycles. The molecule has 2 atom stereocenters. The van der Waals surface area contributed by atoms with Crippen molar-refractivity contribution in [1.29, 1.82) is 0 Å². The number of amides is 1. The molecule has 2 unspecified atom stereocenters. The van der Waals surface area contributed by atoms with Crippen LogP contribution < -0.4 is 10.1 Å². The lowest BCUT2D eigenvalue weighted by atomic mass is 10.1. The highest BCUT2D eigenvalue weighted by atomic mass is 19.1. The maximum Gasteiger partial charge on any atom is 0.260 e. The van der Waals surface area contributed by atoms with Crippen molar-refractivity contribution in [1.82, 2.24) is 5.32 Å². The zero-order valence-electron chi connectivity index (χ0n) is 12.2. The van der Waals surface area contributed by atoms with E-state index in [0.29, 0.717) is 0 Å². The Labute approximate surface area is 118 Å². The Morgan fingerprint density at radius 2 is 2.00 bits per heavy atom. The summed E-state index contributed by atoms with van der Waals surface area (Å²) >= 11 is 0. The number of hydrogen-bond donors (Lipinski definition) is 1. The number of ether oxygens (including phenoxy) is 1. The first kappa shape index (κ1) is 16.1. The van der Waals surface area contributed by atoms with Gasteiger partial charge in [0, 0.05) is 6.04 Å². The second-order valence-corrected chi connectivity index (χ2v) is 4.77. The Bertz CT molecular complexity index is 502. The van der Waals surface area contributed by atoms with Gasteiger partial charge in [0.25, 0.3) is 5.91 Å². The van der Waals surface area contributed by atoms with Gasteiger partial charge >= 0.3 is 0 Å². The average Bonchev–Trinajstić information content (AvgIpc) is 2.40. The predicted molar refractivity (Wildman–Crippen MR) is 74.4 cm³/mol. The molecule has 4 nitrogen and oxygen atoms in total. The van der Waals surface area contributed by atoms with Crippen molar-refractivity contribution >= 4 is 11.7 Å². The molecule has 0 heterocycles. The van der Waals surface area contributed by atoms with Gasteiger partial charge in [-0.25, -0.2) is 4.39 Å². The van der Waals surface area contributed by atoms with Crippen LogP contribution in [0.4, 0.5) is 4.39 Å². The van der Waals surface area contributed by atoms with Gasteiger partial charge in [-0.05, 0) is 45.4 Å². The maximum absolute atomic E-state index is 13.1. The van der Waals surface area contributed by atoms with E-state index in [1.807, 2.05) is 13.8 Å². The summed E-state index contributed by atoms with van der Waals surface area (Å²) in [6.45, 7) is 6.77. The molecule has 0 bridgehead atoms. The summed E-state index contributed by atoms with van der Waals surface area (Å²) in [7, 11) is 0. The van der Waals surface area contributed by atoms with E-state index in [1.54, 1.807) is 6.92 Å². The first-order valence-electron chi connectivity index (χ1n) is 6.62. The fraction of sp³-hybridized carbons (Fsp3) is 0.467. The molecule has 0 aliphatic heterocycles. The number of benzene rings is 1. The molecule has 1 aromatic carbocycles. The molecule has 1 amide bonds. The van der Waals surface area contributed by atoms with Crippen molar-refractivity contribution in [3.63, 3.8) is 0 Å². The molecule has 1 rings (SSSR count). The zero-order valence-corrected chi connectivity index (χ0v) is 12.2. The fourth-order valence-corrected chi connectivity index (χ4v) is 1.59. The summed E-state index contributed by atoms with van der Waals surface area (Å²) in [6.07, 6.45) is 0.0563. The summed E-state index contributed by atoms with van der Waals surface area (Å²) in [6, 6.07) is 3.71. The number of ketones is 1. The van der Waals surface area contributed by atoms with E-state index in [0.717, 1.165) is 12.5 Å². The molecular formula is C15H20FNO3. The van der Waals surface area contributed by atoms with E-state index in [1.165, 1.54) is 19.1 Å². The quantitative estimate of drug-likeness (QED) is 0.816. The van der Waals surface area contributed by atoms with Gasteiger partial charge in [0.05, 0.1) is 5.56 Å². The van der Waals surface area contributed by atoms with Crippen LogP contribution in [0.1, 0.15) is 44.5 Å². The molecule has 0 saturated carbocycles. The number of carbonyl (C=O) groups excluding carboxylic acids is 2. The minimum absolute atomic E-state index is 0.0500. The van der Waals surface area contributed by atoms with E-state index >= 15 is 0 Å². The summed E-state index contributed by atoms with van der Waals surface area (Å²) in [5, 5.41) is 2.79. The van der Waals surface area contributed by atoms with Gasteiger partial charge < -0.3 is 10.1 Å². The van der Waals surface area contributed by atoms with Crippen LogP contribution in [0.25, 0.3) is 0 Å². The van der Waals surface area contributed by atoms with Crippen LogP contribution >= 0.6 is 0 Å². The lowest BCUT2D eigenvalue weighted by molar-refractivity contribution is -0.127. The molecule has 20 heavy (non-hydrogen) atoms. The van der Waals surface area contributed by atoms with Crippen LogP contribution in [0, 0.1) is 5.82 Å². The van der Waals surface area contributed by atoms with Crippen molar-refractivity contribution in [2.24, 2.45) is 0 Å². The molecule has 1 N–H and O–H groups in total. The Morgan fingerprint density at radius 1 is 1.35 bits per heavy atom. The number of Topliss-reactive ketones (excluding diaryl/α,β-unsaturated/α-hetero) is 1. The highest BCUT2D eigenvalue weighted by Crippen LogP contribution is 2.21. The minimum Gasteiger partial charge on any atom is -0.480 e. The van der Waals surface area contributed by atoms with E-state index in [2.05, 4.69) is 5.32 Å². The summed E-state index contributed by atoms with van der Waals surface area (Å²) in [5.41, 5.74) is 0.133. The highest BCUT2D eigenvalue weighted by molar-refractivity contribution is 5.97. The molecule has 0 spiro atoms. The molecule has 110 valence electrons. The topological polar surface area (TPSA) is 55.4 Å². The van der Waals surface area contributed by atoms with Crippen LogP contribution in [0.15, 0.2) is 18.2 Å². The van der Waals surface area contributed by atoms with Crippen molar-refractivity contribution < 1.29 is 18.7 Å². The molecule has 0 aliphatic rings. The second kappa shape index (κ2) is 7.03. The van der Waals surface area contributed by atoms with Crippen LogP contribution in [-0.4, -0.2) is 23.8 Å². The van der Waals surface area contributed by atoms with Gasteiger partial charge in [0.2, 0.25) is 0 Å². The largest absolute Gasteiger partial charge is 0.480 e. The molecule has 0 saturated heterocycles. The van der Waals surface area contributed by atoms with Crippen LogP contribution in [0.5, 0.6) is 5.75 Å². The molecule has 1 aromatic rings. The van der Waals surface area contributed by atoms with Crippen molar-refractivity contribution in [3.05, 3.63) is 29.6 Å². The van der Waals surface area contributed by atoms with Crippen molar-refractivity contribution in [2.75, 3.05) is 0 Å². The molecule has 5 heteroatoms. The first-order chi connectivity index (χ1) is 9.35. The number of halogens is 1. The van der Waals surface area contributed by atoms with Gasteiger partial charge in [-0.2, -0.15) is 0 Å². The van der Waals surface area contributed by atoms with Gasteiger partial charge in [0.1, 0.15) is 11.6 Å². The number of nitrogens with one attached hydrogen (secondary N) is 1. The van der Waals surface area contributed by atoms with E-state index in [4.69, 9.17) is 4.74 Å². The number of rotatable bonds is 6. The Morgan fingerprint density at radius 3 is 2.55 bits per heavy atom. The third-order valence-electron chi connectivity index (χ3n) is 2.99. The van der Waals surface area contributed by atoms with E-state index < -0.39 is 11.9 Å². The van der Waals surface area contributed by atoms with Crippen LogP contribution in [-0.2, 0) is 4.79 Å². The predicted octanol–water partition coefficient (Wildman–Crippen LogP) is 2.71. The van der Waals surface area contributed by atoms with Crippen molar-refractivity contribution in [2.45, 2.75) is 46.3 Å². The smallest absolute Gasteiger partial charge is 0.260 e. The Hall–Kier alpha value is -1.91. The molecule has 0 fully saturated rings. The fourth-order valence-electron chi connectivity index (χ4n) is 1.59. The van der Waals surface area contributed by atoms with Gasteiger partial charge in [-0.3, -0.25) is 9.59 Å². The number of hydrogen-bond acceptors (Lipinski definition) is 3. The Kier molecular flexibility index (Phi) is 5.67. The third kappa shape index (κ3) is 4.33. The lowest BCUT2D eigenvalue weighted by Crippen LogP contribution is -2.41. The van der Waals surface area contributed by atoms with Gasteiger partial charge in [-0.1, -0.05) is 6.92 Å². The van der Waals surface area contributed by atoms with Crippen molar-refractivity contribution in [3.8, 4) is 5.75 Å². The van der Waals surface area contributed by atoms with E-state index in [9.17, 15) is 14.0 Å². The first-order valence-corrected chi connectivity index (χ1v) is 6.62. The SMILES string of the molecule is CCC(C)NC(=O)C(C)Oc1ccc(F)cc1C(C)=O. The molecule has 0 aromatic heterocycles. The third-order valence-corrected chi connectivity index (χ3v) is 2.99. The minimum atomic E-state index is -0.757. The highest BCUT2D eigenvalue weighted by Gasteiger charge is 2.19. The maximum atomic E-state index is 13.1. The average molecular weight is 281 g/mol. The summed E-state index contributed by atoms with van der Waals surface area (Å²) in [4.78, 5) is 23.3. The molecular weight excluding hydrogens is 261 g/mol. The van der Waals surface area contributed by atoms with Gasteiger partial charge in [0.15, 0.2) is 11.9 Å². The second-order valence-electron chi connectivity index (χ2n) is 4.77. The lowest BCUT2D eigenvalue weighted by Gasteiger charge is -2.19. The zero-order chi connectivity index (χ0) is 15.3. The van der Waals surface area contributed by atoms with Crippen LogP contribution in [0.2, 0.25) is 0 Å². The summed E-state index contributed by atoms with van der Waals surface area (Å²) < 4.78 is 18.6. The van der Waals surface area contributed by atoms with Crippen LogP contribution in [0.3, 0.4) is 0 Å².